The van der Waals surface area contributed by atoms with E-state index in [9.17, 15) is 4.79 Å². The van der Waals surface area contributed by atoms with Gasteiger partial charge in [-0.1, -0.05) is 18.2 Å². The molecule has 1 N–H and O–H groups in total. The first kappa shape index (κ1) is 13.5. The van der Waals surface area contributed by atoms with Crippen LogP contribution in [0.3, 0.4) is 0 Å². The number of para-hydroxylation sites is 1. The summed E-state index contributed by atoms with van der Waals surface area (Å²) in [5, 5.41) is 3.15. The van der Waals surface area contributed by atoms with Crippen LogP contribution in [0.4, 0.5) is 5.69 Å². The lowest BCUT2D eigenvalue weighted by atomic mass is 10.3. The molecule has 1 rings (SSSR count). The van der Waals surface area contributed by atoms with Gasteiger partial charge in [0, 0.05) is 18.8 Å². The lowest BCUT2D eigenvalue weighted by molar-refractivity contribution is -0.144. The summed E-state index contributed by atoms with van der Waals surface area (Å²) in [5.74, 6) is -0.201. The van der Waals surface area contributed by atoms with Crippen molar-refractivity contribution in [2.24, 2.45) is 0 Å². The van der Waals surface area contributed by atoms with Gasteiger partial charge in [0.25, 0.3) is 0 Å². The van der Waals surface area contributed by atoms with Crippen LogP contribution in [0.15, 0.2) is 30.3 Å². The van der Waals surface area contributed by atoms with Gasteiger partial charge in [-0.05, 0) is 19.1 Å². The fourth-order valence-electron chi connectivity index (χ4n) is 1.30. The van der Waals surface area contributed by atoms with Gasteiger partial charge in [0.2, 0.25) is 0 Å². The number of ether oxygens (including phenoxy) is 2. The van der Waals surface area contributed by atoms with E-state index in [1.165, 1.54) is 0 Å². The van der Waals surface area contributed by atoms with E-state index in [-0.39, 0.29) is 5.97 Å². The van der Waals surface area contributed by atoms with Gasteiger partial charge in [-0.25, -0.2) is 0 Å². The molecule has 0 fully saturated rings. The Morgan fingerprint density at radius 1 is 1.24 bits per heavy atom. The van der Waals surface area contributed by atoms with Gasteiger partial charge in [0.1, 0.15) is 6.61 Å². The third-order valence-electron chi connectivity index (χ3n) is 2.13. The minimum atomic E-state index is -0.201. The number of anilines is 1. The van der Waals surface area contributed by atoms with Gasteiger partial charge in [0.15, 0.2) is 0 Å². The molecule has 0 bridgehead atoms. The topological polar surface area (TPSA) is 47.6 Å². The molecular formula is C13H19NO3. The maximum Gasteiger partial charge on any atom is 0.307 e. The lowest BCUT2D eigenvalue weighted by Crippen LogP contribution is -2.14. The van der Waals surface area contributed by atoms with Crippen molar-refractivity contribution in [2.75, 3.05) is 31.7 Å². The zero-order valence-electron chi connectivity index (χ0n) is 10.1. The SMILES string of the molecule is CCOCCOC(=O)CCNc1ccccc1. The quantitative estimate of drug-likeness (QED) is 0.555. The average molecular weight is 237 g/mol. The Morgan fingerprint density at radius 3 is 2.71 bits per heavy atom. The van der Waals surface area contributed by atoms with Crippen LogP contribution in [-0.2, 0) is 14.3 Å². The van der Waals surface area contributed by atoms with Crippen molar-refractivity contribution in [3.8, 4) is 0 Å². The van der Waals surface area contributed by atoms with Gasteiger partial charge >= 0.3 is 5.97 Å². The van der Waals surface area contributed by atoms with E-state index in [1.54, 1.807) is 0 Å². The molecule has 0 radical (unpaired) electrons. The van der Waals surface area contributed by atoms with Crippen LogP contribution in [0.25, 0.3) is 0 Å². The van der Waals surface area contributed by atoms with E-state index in [1.807, 2.05) is 37.3 Å². The molecule has 0 saturated heterocycles. The average Bonchev–Trinajstić information content (AvgIpc) is 2.36. The minimum Gasteiger partial charge on any atom is -0.463 e. The van der Waals surface area contributed by atoms with Crippen molar-refractivity contribution in [3.63, 3.8) is 0 Å². The number of nitrogens with one attached hydrogen (secondary N) is 1. The number of benzene rings is 1. The molecule has 0 amide bonds. The third-order valence-corrected chi connectivity index (χ3v) is 2.13. The largest absolute Gasteiger partial charge is 0.463 e. The van der Waals surface area contributed by atoms with E-state index in [0.29, 0.717) is 32.8 Å². The van der Waals surface area contributed by atoms with E-state index < -0.39 is 0 Å². The molecule has 0 unspecified atom stereocenters. The molecule has 0 aliphatic rings. The number of carbonyl (C=O) groups is 1. The van der Waals surface area contributed by atoms with E-state index in [4.69, 9.17) is 9.47 Å². The second kappa shape index (κ2) is 8.58. The Morgan fingerprint density at radius 2 is 2.00 bits per heavy atom. The summed E-state index contributed by atoms with van der Waals surface area (Å²) in [5.41, 5.74) is 1.01. The first-order valence-corrected chi connectivity index (χ1v) is 5.85. The van der Waals surface area contributed by atoms with Gasteiger partial charge < -0.3 is 14.8 Å². The first-order chi connectivity index (χ1) is 8.33. The normalized spacial score (nSPS) is 9.94. The van der Waals surface area contributed by atoms with Crippen molar-refractivity contribution in [1.29, 1.82) is 0 Å². The Balaban J connectivity index is 2.04. The van der Waals surface area contributed by atoms with Crippen LogP contribution in [0.2, 0.25) is 0 Å². The molecule has 0 spiro atoms. The standard InChI is InChI=1S/C13H19NO3/c1-2-16-10-11-17-13(15)8-9-14-12-6-4-3-5-7-12/h3-7,14H,2,8-11H2,1H3. The summed E-state index contributed by atoms with van der Waals surface area (Å²) < 4.78 is 10.0. The molecule has 4 heteroatoms. The maximum absolute atomic E-state index is 11.3. The molecule has 4 nitrogen and oxygen atoms in total. The molecule has 94 valence electrons. The van der Waals surface area contributed by atoms with Crippen LogP contribution in [-0.4, -0.2) is 32.3 Å². The summed E-state index contributed by atoms with van der Waals surface area (Å²) in [4.78, 5) is 11.3. The first-order valence-electron chi connectivity index (χ1n) is 5.85. The van der Waals surface area contributed by atoms with E-state index in [2.05, 4.69) is 5.32 Å². The highest BCUT2D eigenvalue weighted by atomic mass is 16.6. The second-order valence-corrected chi connectivity index (χ2v) is 3.46. The van der Waals surface area contributed by atoms with Crippen LogP contribution >= 0.6 is 0 Å². The monoisotopic (exact) mass is 237 g/mol. The summed E-state index contributed by atoms with van der Waals surface area (Å²) >= 11 is 0. The van der Waals surface area contributed by atoms with Gasteiger partial charge in [-0.3, -0.25) is 4.79 Å². The Hall–Kier alpha value is -1.55. The molecule has 0 atom stereocenters. The summed E-state index contributed by atoms with van der Waals surface area (Å²) in [7, 11) is 0. The number of carbonyl (C=O) groups excluding carboxylic acids is 1. The van der Waals surface area contributed by atoms with Crippen LogP contribution in [0, 0.1) is 0 Å². The predicted molar refractivity (Wildman–Crippen MR) is 67.0 cm³/mol. The molecular weight excluding hydrogens is 218 g/mol. The van der Waals surface area contributed by atoms with Crippen LogP contribution < -0.4 is 5.32 Å². The molecule has 17 heavy (non-hydrogen) atoms. The molecule has 0 aromatic heterocycles. The van der Waals surface area contributed by atoms with Crippen molar-refractivity contribution < 1.29 is 14.3 Å². The molecule has 0 aliphatic heterocycles. The summed E-state index contributed by atoms with van der Waals surface area (Å²) in [6, 6.07) is 9.76. The maximum atomic E-state index is 11.3. The zero-order chi connectivity index (χ0) is 12.3. The molecule has 0 heterocycles. The summed E-state index contributed by atoms with van der Waals surface area (Å²) in [6.45, 7) is 3.93. The van der Waals surface area contributed by atoms with Crippen molar-refractivity contribution in [2.45, 2.75) is 13.3 Å². The number of rotatable bonds is 8. The van der Waals surface area contributed by atoms with E-state index in [0.717, 1.165) is 5.69 Å². The van der Waals surface area contributed by atoms with Gasteiger partial charge in [0.05, 0.1) is 13.0 Å². The minimum absolute atomic E-state index is 0.201. The number of hydrogen-bond donors (Lipinski definition) is 1. The smallest absolute Gasteiger partial charge is 0.307 e. The second-order valence-electron chi connectivity index (χ2n) is 3.46. The predicted octanol–water partition coefficient (Wildman–Crippen LogP) is 2.07. The Labute approximate surface area is 102 Å². The van der Waals surface area contributed by atoms with Crippen LogP contribution in [0.5, 0.6) is 0 Å². The zero-order valence-corrected chi connectivity index (χ0v) is 10.1. The van der Waals surface area contributed by atoms with Crippen molar-refractivity contribution in [3.05, 3.63) is 30.3 Å². The molecule has 0 saturated carbocycles. The highest BCUT2D eigenvalue weighted by Gasteiger charge is 2.01. The fourth-order valence-corrected chi connectivity index (χ4v) is 1.30. The Bertz CT molecular complexity index is 314. The van der Waals surface area contributed by atoms with Gasteiger partial charge in [-0.2, -0.15) is 0 Å². The van der Waals surface area contributed by atoms with Crippen molar-refractivity contribution >= 4 is 11.7 Å². The molecule has 1 aromatic carbocycles. The van der Waals surface area contributed by atoms with E-state index >= 15 is 0 Å². The number of hydrogen-bond acceptors (Lipinski definition) is 4. The highest BCUT2D eigenvalue weighted by Crippen LogP contribution is 2.04. The van der Waals surface area contributed by atoms with Crippen molar-refractivity contribution in [1.82, 2.24) is 0 Å². The van der Waals surface area contributed by atoms with Gasteiger partial charge in [-0.15, -0.1) is 0 Å². The highest BCUT2D eigenvalue weighted by molar-refractivity contribution is 5.70. The Kier molecular flexibility index (Phi) is 6.82. The van der Waals surface area contributed by atoms with Crippen LogP contribution in [0.1, 0.15) is 13.3 Å². The fraction of sp³-hybridized carbons (Fsp3) is 0.462. The molecule has 0 aliphatic carbocycles. The third kappa shape index (κ3) is 6.58. The molecule has 1 aromatic rings. The summed E-state index contributed by atoms with van der Waals surface area (Å²) in [6.07, 6.45) is 0.362. The lowest BCUT2D eigenvalue weighted by Gasteiger charge is -2.06. The number of esters is 1.